The Hall–Kier alpha value is -1.75. The molecule has 0 radical (unpaired) electrons. The summed E-state index contributed by atoms with van der Waals surface area (Å²) in [7, 11) is 1.61. The van der Waals surface area contributed by atoms with Crippen LogP contribution in [0.5, 0.6) is 11.5 Å². The highest BCUT2D eigenvalue weighted by molar-refractivity contribution is 5.94. The van der Waals surface area contributed by atoms with Crippen LogP contribution in [0, 0.1) is 5.92 Å². The Balaban J connectivity index is 1.83. The van der Waals surface area contributed by atoms with Gasteiger partial charge in [0.05, 0.1) is 19.8 Å². The molecule has 1 aromatic rings. The molecule has 5 nitrogen and oxygen atoms in total. The summed E-state index contributed by atoms with van der Waals surface area (Å²) in [5.41, 5.74) is 0.593. The molecule has 0 atom stereocenters. The van der Waals surface area contributed by atoms with Gasteiger partial charge in [-0.2, -0.15) is 0 Å². The van der Waals surface area contributed by atoms with Crippen LogP contribution in [-0.2, 0) is 0 Å². The van der Waals surface area contributed by atoms with Crippen molar-refractivity contribution in [2.45, 2.75) is 64.4 Å². The second kappa shape index (κ2) is 11.1. The standard InChI is InChI=1S/C21H33NO4/c1-3-4-5-14-26-20-15-17(8-11-19(20)25-2)21(24)22-13-12-16-6-9-18(23)10-7-16/h8,11,15-16,18,23H,3-7,9-10,12-14H2,1-2H3,(H,22,24). The van der Waals surface area contributed by atoms with Gasteiger partial charge in [-0.15, -0.1) is 0 Å². The lowest BCUT2D eigenvalue weighted by Gasteiger charge is -2.25. The van der Waals surface area contributed by atoms with Crippen LogP contribution in [0.2, 0.25) is 0 Å². The van der Waals surface area contributed by atoms with Gasteiger partial charge in [0.2, 0.25) is 0 Å². The molecule has 2 N–H and O–H groups in total. The van der Waals surface area contributed by atoms with Crippen molar-refractivity contribution in [1.82, 2.24) is 5.32 Å². The molecule has 1 fully saturated rings. The molecule has 0 unspecified atom stereocenters. The summed E-state index contributed by atoms with van der Waals surface area (Å²) in [5, 5.41) is 12.6. The first kappa shape index (κ1) is 20.6. The Morgan fingerprint density at radius 3 is 2.65 bits per heavy atom. The lowest BCUT2D eigenvalue weighted by molar-refractivity contribution is 0.0931. The molecule has 0 aliphatic heterocycles. The van der Waals surface area contributed by atoms with Crippen LogP contribution in [0.4, 0.5) is 0 Å². The van der Waals surface area contributed by atoms with E-state index in [-0.39, 0.29) is 12.0 Å². The maximum absolute atomic E-state index is 12.4. The molecule has 26 heavy (non-hydrogen) atoms. The number of carbonyl (C=O) groups is 1. The number of carbonyl (C=O) groups excluding carboxylic acids is 1. The monoisotopic (exact) mass is 363 g/mol. The molecule has 0 spiro atoms. The number of unbranched alkanes of at least 4 members (excludes halogenated alkanes) is 2. The fraction of sp³-hybridized carbons (Fsp3) is 0.667. The number of rotatable bonds is 10. The fourth-order valence-electron chi connectivity index (χ4n) is 3.39. The minimum atomic E-state index is -0.129. The van der Waals surface area contributed by atoms with Gasteiger partial charge in [-0.1, -0.05) is 19.8 Å². The predicted octanol–water partition coefficient (Wildman–Crippen LogP) is 3.94. The van der Waals surface area contributed by atoms with Crippen LogP contribution in [0.25, 0.3) is 0 Å². The third kappa shape index (κ3) is 6.52. The molecule has 0 aromatic heterocycles. The number of ether oxygens (including phenoxy) is 2. The zero-order valence-corrected chi connectivity index (χ0v) is 16.1. The van der Waals surface area contributed by atoms with Crippen molar-refractivity contribution >= 4 is 5.91 Å². The third-order valence-corrected chi connectivity index (χ3v) is 5.09. The van der Waals surface area contributed by atoms with Crippen molar-refractivity contribution < 1.29 is 19.4 Å². The minimum absolute atomic E-state index is 0.0816. The second-order valence-corrected chi connectivity index (χ2v) is 7.14. The summed E-state index contributed by atoms with van der Waals surface area (Å²) < 4.78 is 11.1. The first-order valence-corrected chi connectivity index (χ1v) is 9.91. The smallest absolute Gasteiger partial charge is 0.251 e. The van der Waals surface area contributed by atoms with E-state index < -0.39 is 0 Å². The molecule has 2 rings (SSSR count). The van der Waals surface area contributed by atoms with Crippen molar-refractivity contribution in [3.63, 3.8) is 0 Å². The van der Waals surface area contributed by atoms with E-state index in [4.69, 9.17) is 9.47 Å². The Kier molecular flexibility index (Phi) is 8.75. The average molecular weight is 363 g/mol. The van der Waals surface area contributed by atoms with E-state index in [0.717, 1.165) is 51.4 Å². The van der Waals surface area contributed by atoms with Crippen LogP contribution >= 0.6 is 0 Å². The maximum atomic E-state index is 12.4. The first-order valence-electron chi connectivity index (χ1n) is 9.91. The fourth-order valence-corrected chi connectivity index (χ4v) is 3.39. The van der Waals surface area contributed by atoms with Crippen molar-refractivity contribution in [3.8, 4) is 11.5 Å². The van der Waals surface area contributed by atoms with E-state index in [1.54, 1.807) is 25.3 Å². The molecule has 146 valence electrons. The quantitative estimate of drug-likeness (QED) is 0.618. The normalized spacial score (nSPS) is 19.8. The SMILES string of the molecule is CCCCCOc1cc(C(=O)NCCC2CCC(O)CC2)ccc1OC. The van der Waals surface area contributed by atoms with Crippen molar-refractivity contribution in [2.24, 2.45) is 5.92 Å². The molecule has 0 heterocycles. The number of amides is 1. The lowest BCUT2D eigenvalue weighted by atomic mass is 9.85. The molecule has 0 saturated heterocycles. The van der Waals surface area contributed by atoms with Crippen molar-refractivity contribution in [1.29, 1.82) is 0 Å². The summed E-state index contributed by atoms with van der Waals surface area (Å²) >= 11 is 0. The maximum Gasteiger partial charge on any atom is 0.251 e. The summed E-state index contributed by atoms with van der Waals surface area (Å²) in [6.45, 7) is 3.45. The minimum Gasteiger partial charge on any atom is -0.493 e. The Morgan fingerprint density at radius 2 is 1.96 bits per heavy atom. The number of methoxy groups -OCH3 is 1. The van der Waals surface area contributed by atoms with E-state index in [2.05, 4.69) is 12.2 Å². The molecule has 5 heteroatoms. The average Bonchev–Trinajstić information content (AvgIpc) is 2.66. The first-order chi connectivity index (χ1) is 12.6. The van der Waals surface area contributed by atoms with Crippen molar-refractivity contribution in [2.75, 3.05) is 20.3 Å². The van der Waals surface area contributed by atoms with E-state index in [1.807, 2.05) is 0 Å². The Morgan fingerprint density at radius 1 is 1.19 bits per heavy atom. The molecular weight excluding hydrogens is 330 g/mol. The predicted molar refractivity (Wildman–Crippen MR) is 103 cm³/mol. The van der Waals surface area contributed by atoms with E-state index in [9.17, 15) is 9.90 Å². The zero-order chi connectivity index (χ0) is 18.8. The zero-order valence-electron chi connectivity index (χ0n) is 16.1. The van der Waals surface area contributed by atoms with Gasteiger partial charge in [-0.3, -0.25) is 4.79 Å². The van der Waals surface area contributed by atoms with E-state index in [0.29, 0.717) is 36.1 Å². The lowest BCUT2D eigenvalue weighted by Crippen LogP contribution is -2.27. The summed E-state index contributed by atoms with van der Waals surface area (Å²) in [4.78, 5) is 12.4. The Bertz CT molecular complexity index is 553. The Labute approximate surface area is 157 Å². The van der Waals surface area contributed by atoms with Crippen LogP contribution in [0.15, 0.2) is 18.2 Å². The van der Waals surface area contributed by atoms with Crippen LogP contribution in [0.1, 0.15) is 68.6 Å². The highest BCUT2D eigenvalue weighted by atomic mass is 16.5. The molecule has 1 amide bonds. The number of hydrogen-bond donors (Lipinski definition) is 2. The molecule has 1 aliphatic carbocycles. The van der Waals surface area contributed by atoms with Crippen LogP contribution in [0.3, 0.4) is 0 Å². The van der Waals surface area contributed by atoms with Crippen LogP contribution < -0.4 is 14.8 Å². The van der Waals surface area contributed by atoms with Gasteiger partial charge in [0, 0.05) is 12.1 Å². The molecule has 1 aliphatic rings. The van der Waals surface area contributed by atoms with Gasteiger partial charge >= 0.3 is 0 Å². The number of nitrogens with one attached hydrogen (secondary N) is 1. The summed E-state index contributed by atoms with van der Waals surface area (Å²) in [6, 6.07) is 5.31. The largest absolute Gasteiger partial charge is 0.493 e. The van der Waals surface area contributed by atoms with Crippen LogP contribution in [-0.4, -0.2) is 37.4 Å². The molecule has 0 bridgehead atoms. The number of benzene rings is 1. The number of hydrogen-bond acceptors (Lipinski definition) is 4. The second-order valence-electron chi connectivity index (χ2n) is 7.14. The van der Waals surface area contributed by atoms with Crippen molar-refractivity contribution in [3.05, 3.63) is 23.8 Å². The number of aliphatic hydroxyl groups excluding tert-OH is 1. The highest BCUT2D eigenvalue weighted by Gasteiger charge is 2.19. The van der Waals surface area contributed by atoms with Gasteiger partial charge in [0.1, 0.15) is 0 Å². The van der Waals surface area contributed by atoms with Gasteiger partial charge in [-0.25, -0.2) is 0 Å². The van der Waals surface area contributed by atoms with Gasteiger partial charge < -0.3 is 19.9 Å². The molecule has 1 aromatic carbocycles. The number of aliphatic hydroxyl groups is 1. The summed E-state index contributed by atoms with van der Waals surface area (Å²) in [6.07, 6.45) is 7.97. The third-order valence-electron chi connectivity index (χ3n) is 5.09. The summed E-state index contributed by atoms with van der Waals surface area (Å²) in [5.74, 6) is 1.80. The molecule has 1 saturated carbocycles. The van der Waals surface area contributed by atoms with Gasteiger partial charge in [0.15, 0.2) is 11.5 Å². The van der Waals surface area contributed by atoms with E-state index in [1.165, 1.54) is 0 Å². The highest BCUT2D eigenvalue weighted by Crippen LogP contribution is 2.29. The van der Waals surface area contributed by atoms with E-state index >= 15 is 0 Å². The molecular formula is C21H33NO4. The van der Waals surface area contributed by atoms with Gasteiger partial charge in [-0.05, 0) is 62.6 Å². The topological polar surface area (TPSA) is 67.8 Å². The van der Waals surface area contributed by atoms with Gasteiger partial charge in [0.25, 0.3) is 5.91 Å².